The highest BCUT2D eigenvalue weighted by molar-refractivity contribution is 9.10. The first kappa shape index (κ1) is 15.9. The fourth-order valence-corrected chi connectivity index (χ4v) is 2.96. The van der Waals surface area contributed by atoms with Gasteiger partial charge in [0.1, 0.15) is 10.7 Å². The van der Waals surface area contributed by atoms with Crippen LogP contribution in [0.25, 0.3) is 0 Å². The zero-order chi connectivity index (χ0) is 15.5. The van der Waals surface area contributed by atoms with Gasteiger partial charge in [0.2, 0.25) is 10.0 Å². The van der Waals surface area contributed by atoms with Crippen LogP contribution in [-0.4, -0.2) is 15.5 Å². The summed E-state index contributed by atoms with van der Waals surface area (Å²) < 4.78 is 39.9. The van der Waals surface area contributed by atoms with Crippen LogP contribution in [0.3, 0.4) is 0 Å². The van der Waals surface area contributed by atoms with Gasteiger partial charge in [-0.1, -0.05) is 18.2 Å². The Bertz CT molecular complexity index is 750. The number of rotatable bonds is 5. The van der Waals surface area contributed by atoms with E-state index in [1.54, 1.807) is 30.3 Å². The van der Waals surface area contributed by atoms with Crippen LogP contribution in [-0.2, 0) is 16.6 Å². The Labute approximate surface area is 131 Å². The lowest BCUT2D eigenvalue weighted by atomic mass is 10.2. The number of sulfonamides is 1. The number of nitrogens with one attached hydrogen (secondary N) is 2. The first-order valence-corrected chi connectivity index (χ1v) is 8.42. The van der Waals surface area contributed by atoms with Crippen molar-refractivity contribution in [3.05, 3.63) is 58.3 Å². The fourth-order valence-electron chi connectivity index (χ4n) is 1.80. The highest BCUT2D eigenvalue weighted by Gasteiger charge is 2.15. The van der Waals surface area contributed by atoms with Crippen molar-refractivity contribution in [1.29, 1.82) is 0 Å². The Morgan fingerprint density at radius 1 is 1.19 bits per heavy atom. The van der Waals surface area contributed by atoms with Gasteiger partial charge < -0.3 is 5.32 Å². The molecule has 0 aliphatic heterocycles. The average molecular weight is 373 g/mol. The third-order valence-electron chi connectivity index (χ3n) is 2.91. The molecule has 2 aromatic carbocycles. The molecule has 0 unspecified atom stereocenters. The van der Waals surface area contributed by atoms with Crippen molar-refractivity contribution in [1.82, 2.24) is 4.72 Å². The maximum atomic E-state index is 13.4. The highest BCUT2D eigenvalue weighted by atomic mass is 79.9. The van der Waals surface area contributed by atoms with Gasteiger partial charge in [-0.2, -0.15) is 0 Å². The maximum Gasteiger partial charge on any atom is 0.242 e. The molecule has 2 rings (SSSR count). The molecule has 0 aromatic heterocycles. The first-order chi connectivity index (χ1) is 9.94. The quantitative estimate of drug-likeness (QED) is 0.847. The van der Waals surface area contributed by atoms with Crippen LogP contribution < -0.4 is 10.0 Å². The van der Waals surface area contributed by atoms with Gasteiger partial charge in [0.05, 0.1) is 10.2 Å². The van der Waals surface area contributed by atoms with E-state index in [9.17, 15) is 12.8 Å². The largest absolute Gasteiger partial charge is 0.380 e. The van der Waals surface area contributed by atoms with Gasteiger partial charge in [-0.25, -0.2) is 17.5 Å². The lowest BCUT2D eigenvalue weighted by molar-refractivity contribution is 0.588. The summed E-state index contributed by atoms with van der Waals surface area (Å²) in [6, 6.07) is 11.3. The molecule has 0 fully saturated rings. The molecule has 0 amide bonds. The summed E-state index contributed by atoms with van der Waals surface area (Å²) in [7, 11) is -2.18. The average Bonchev–Trinajstić information content (AvgIpc) is 2.49. The normalized spacial score (nSPS) is 11.4. The predicted molar refractivity (Wildman–Crippen MR) is 84.1 cm³/mol. The van der Waals surface area contributed by atoms with E-state index in [0.717, 1.165) is 0 Å². The molecule has 0 aliphatic rings. The molecule has 0 aliphatic carbocycles. The van der Waals surface area contributed by atoms with Crippen LogP contribution in [0.4, 0.5) is 10.1 Å². The topological polar surface area (TPSA) is 58.2 Å². The van der Waals surface area contributed by atoms with Crippen molar-refractivity contribution in [2.45, 2.75) is 11.4 Å². The predicted octanol–water partition coefficient (Wildman–Crippen LogP) is 3.11. The number of anilines is 1. The van der Waals surface area contributed by atoms with Crippen LogP contribution in [0.15, 0.2) is 51.8 Å². The second-order valence-corrected chi connectivity index (χ2v) is 7.02. The van der Waals surface area contributed by atoms with Crippen LogP contribution in [0.1, 0.15) is 5.56 Å². The van der Waals surface area contributed by atoms with Crippen molar-refractivity contribution in [2.75, 3.05) is 12.4 Å². The molecule has 2 N–H and O–H groups in total. The Balaban J connectivity index is 2.23. The third-order valence-corrected chi connectivity index (χ3v) is 5.03. The van der Waals surface area contributed by atoms with E-state index in [-0.39, 0.29) is 10.7 Å². The van der Waals surface area contributed by atoms with Gasteiger partial charge in [-0.15, -0.1) is 0 Å². The summed E-state index contributed by atoms with van der Waals surface area (Å²) in [5.41, 5.74) is 1.18. The van der Waals surface area contributed by atoms with E-state index in [1.807, 2.05) is 0 Å². The molecule has 0 radical (unpaired) electrons. The number of benzene rings is 2. The minimum atomic E-state index is -3.54. The molecule has 0 saturated heterocycles. The summed E-state index contributed by atoms with van der Waals surface area (Å²) in [4.78, 5) is 0.157. The SMILES string of the molecule is CNS(=O)(=O)c1ccccc1NCc1ccc(Br)c(F)c1. The number of para-hydroxylation sites is 1. The lowest BCUT2D eigenvalue weighted by Crippen LogP contribution is -2.20. The molecule has 0 spiro atoms. The van der Waals surface area contributed by atoms with E-state index < -0.39 is 10.0 Å². The number of hydrogen-bond donors (Lipinski definition) is 2. The summed E-state index contributed by atoms with van der Waals surface area (Å²) >= 11 is 3.09. The first-order valence-electron chi connectivity index (χ1n) is 6.14. The van der Waals surface area contributed by atoms with Crippen LogP contribution in [0.2, 0.25) is 0 Å². The van der Waals surface area contributed by atoms with Gasteiger partial charge >= 0.3 is 0 Å². The molecule has 7 heteroatoms. The van der Waals surface area contributed by atoms with Gasteiger partial charge in [-0.3, -0.25) is 0 Å². The second-order valence-electron chi connectivity index (χ2n) is 4.31. The van der Waals surface area contributed by atoms with E-state index in [4.69, 9.17) is 0 Å². The Hall–Kier alpha value is -1.44. The maximum absolute atomic E-state index is 13.4. The molecule has 0 atom stereocenters. The van der Waals surface area contributed by atoms with Crippen molar-refractivity contribution in [2.24, 2.45) is 0 Å². The van der Waals surface area contributed by atoms with Crippen molar-refractivity contribution in [3.63, 3.8) is 0 Å². The van der Waals surface area contributed by atoms with Gasteiger partial charge in [-0.05, 0) is 52.8 Å². The molecule has 21 heavy (non-hydrogen) atoms. The molecule has 0 heterocycles. The molecule has 0 saturated carbocycles. The zero-order valence-electron chi connectivity index (χ0n) is 11.2. The van der Waals surface area contributed by atoms with E-state index >= 15 is 0 Å². The van der Waals surface area contributed by atoms with Gasteiger partial charge in [0, 0.05) is 6.54 Å². The van der Waals surface area contributed by atoms with Gasteiger partial charge in [0.15, 0.2) is 0 Å². The minimum Gasteiger partial charge on any atom is -0.380 e. The van der Waals surface area contributed by atoms with Crippen LogP contribution >= 0.6 is 15.9 Å². The molecule has 2 aromatic rings. The van der Waals surface area contributed by atoms with Crippen LogP contribution in [0, 0.1) is 5.82 Å². The zero-order valence-corrected chi connectivity index (χ0v) is 13.6. The van der Waals surface area contributed by atoms with Crippen molar-refractivity contribution < 1.29 is 12.8 Å². The molecule has 4 nitrogen and oxygen atoms in total. The van der Waals surface area contributed by atoms with Crippen molar-refractivity contribution >= 4 is 31.6 Å². The standard InChI is InChI=1S/C14H14BrFN2O2S/c1-17-21(19,20)14-5-3-2-4-13(14)18-9-10-6-7-11(15)12(16)8-10/h2-8,17-18H,9H2,1H3. The molecular formula is C14H14BrFN2O2S. The minimum absolute atomic E-state index is 0.157. The second kappa shape index (κ2) is 6.55. The van der Waals surface area contributed by atoms with E-state index in [2.05, 4.69) is 26.0 Å². The van der Waals surface area contributed by atoms with Gasteiger partial charge in [0.25, 0.3) is 0 Å². The number of hydrogen-bond acceptors (Lipinski definition) is 3. The molecule has 0 bridgehead atoms. The molecular weight excluding hydrogens is 359 g/mol. The van der Waals surface area contributed by atoms with E-state index in [0.29, 0.717) is 22.3 Å². The third kappa shape index (κ3) is 3.81. The summed E-state index contributed by atoms with van der Waals surface area (Å²) in [6.07, 6.45) is 0. The highest BCUT2D eigenvalue weighted by Crippen LogP contribution is 2.22. The smallest absolute Gasteiger partial charge is 0.242 e. The van der Waals surface area contributed by atoms with Crippen LogP contribution in [0.5, 0.6) is 0 Å². The lowest BCUT2D eigenvalue weighted by Gasteiger charge is -2.12. The summed E-state index contributed by atoms with van der Waals surface area (Å²) in [5, 5.41) is 3.02. The summed E-state index contributed by atoms with van der Waals surface area (Å²) in [5.74, 6) is -0.356. The Morgan fingerprint density at radius 2 is 1.90 bits per heavy atom. The van der Waals surface area contributed by atoms with Crippen molar-refractivity contribution in [3.8, 4) is 0 Å². The number of halogens is 2. The fraction of sp³-hybridized carbons (Fsp3) is 0.143. The Kier molecular flexibility index (Phi) is 4.97. The summed E-state index contributed by atoms with van der Waals surface area (Å²) in [6.45, 7) is 0.320. The monoisotopic (exact) mass is 372 g/mol. The molecule has 112 valence electrons. The van der Waals surface area contributed by atoms with E-state index in [1.165, 1.54) is 19.2 Å². The Morgan fingerprint density at radius 3 is 2.57 bits per heavy atom.